The molecule has 0 heterocycles. The zero-order valence-corrected chi connectivity index (χ0v) is 11.7. The van der Waals surface area contributed by atoms with E-state index < -0.39 is 12.1 Å². The maximum absolute atomic E-state index is 10.3. The van der Waals surface area contributed by atoms with E-state index in [4.69, 9.17) is 27.2 Å². The number of aliphatic hydroxyl groups is 2. The van der Waals surface area contributed by atoms with Gasteiger partial charge in [0.15, 0.2) is 0 Å². The molecule has 0 saturated carbocycles. The zero-order chi connectivity index (χ0) is 13.9. The molecule has 0 radical (unpaired) electrons. The minimum atomic E-state index is -0.912. The van der Waals surface area contributed by atoms with Crippen molar-refractivity contribution in [2.24, 2.45) is 5.73 Å². The van der Waals surface area contributed by atoms with Crippen molar-refractivity contribution in [3.8, 4) is 5.75 Å². The Labute approximate surface area is 112 Å². The van der Waals surface area contributed by atoms with Gasteiger partial charge in [-0.15, -0.1) is 0 Å². The van der Waals surface area contributed by atoms with Gasteiger partial charge in [0.25, 0.3) is 0 Å². The first-order chi connectivity index (χ1) is 8.43. The fourth-order valence-electron chi connectivity index (χ4n) is 1.99. The first-order valence-electron chi connectivity index (χ1n) is 5.82. The third kappa shape index (κ3) is 2.95. The summed E-state index contributed by atoms with van der Waals surface area (Å²) in [4.78, 5) is 0. The van der Waals surface area contributed by atoms with Crippen molar-refractivity contribution in [1.82, 2.24) is 0 Å². The summed E-state index contributed by atoms with van der Waals surface area (Å²) in [5, 5.41) is 19.7. The molecule has 4 nitrogen and oxygen atoms in total. The van der Waals surface area contributed by atoms with Gasteiger partial charge in [-0.2, -0.15) is 0 Å². The van der Waals surface area contributed by atoms with E-state index in [0.717, 1.165) is 11.1 Å². The van der Waals surface area contributed by atoms with Crippen LogP contribution >= 0.6 is 11.6 Å². The Morgan fingerprint density at radius 2 is 2.06 bits per heavy atom. The molecule has 0 bridgehead atoms. The monoisotopic (exact) mass is 273 g/mol. The molecule has 0 fully saturated rings. The van der Waals surface area contributed by atoms with Crippen LogP contribution < -0.4 is 10.5 Å². The van der Waals surface area contributed by atoms with Gasteiger partial charge in [-0.3, -0.25) is 0 Å². The summed E-state index contributed by atoms with van der Waals surface area (Å²) in [6, 6.07) is 1.22. The lowest BCUT2D eigenvalue weighted by molar-refractivity contribution is 0.125. The second-order valence-corrected chi connectivity index (χ2v) is 4.75. The van der Waals surface area contributed by atoms with Crippen molar-refractivity contribution in [3.63, 3.8) is 0 Å². The quantitative estimate of drug-likeness (QED) is 0.763. The highest BCUT2D eigenvalue weighted by molar-refractivity contribution is 6.32. The average molecular weight is 274 g/mol. The van der Waals surface area contributed by atoms with Crippen LogP contribution in [0.4, 0.5) is 0 Å². The third-order valence-electron chi connectivity index (χ3n) is 3.08. The number of benzene rings is 1. The number of hydrogen-bond acceptors (Lipinski definition) is 4. The Hall–Kier alpha value is -0.810. The third-order valence-corrected chi connectivity index (χ3v) is 3.66. The van der Waals surface area contributed by atoms with Crippen molar-refractivity contribution in [2.75, 3.05) is 13.7 Å². The van der Waals surface area contributed by atoms with Gasteiger partial charge in [0.2, 0.25) is 0 Å². The molecule has 0 aliphatic carbocycles. The summed E-state index contributed by atoms with van der Waals surface area (Å²) < 4.78 is 5.27. The molecule has 0 aliphatic heterocycles. The standard InChI is InChI=1S/C13H20ClNO3/c1-7-6-10(18-3)11(8(2)12(7)14)13(17)9(15)4-5-16/h6,9,13,16-17H,4-5,15H2,1-3H3. The predicted octanol–water partition coefficient (Wildman–Crippen LogP) is 1.71. The molecule has 0 amide bonds. The van der Waals surface area contributed by atoms with E-state index in [9.17, 15) is 5.11 Å². The molecule has 0 aliphatic rings. The van der Waals surface area contributed by atoms with Crippen LogP contribution in [0.1, 0.15) is 29.2 Å². The first kappa shape index (κ1) is 15.2. The molecule has 4 N–H and O–H groups in total. The Bertz CT molecular complexity index is 423. The van der Waals surface area contributed by atoms with Gasteiger partial charge in [0.1, 0.15) is 5.75 Å². The second-order valence-electron chi connectivity index (χ2n) is 4.37. The van der Waals surface area contributed by atoms with Crippen LogP contribution in [-0.4, -0.2) is 30.0 Å². The smallest absolute Gasteiger partial charge is 0.125 e. The fraction of sp³-hybridized carbons (Fsp3) is 0.538. The summed E-state index contributed by atoms with van der Waals surface area (Å²) >= 11 is 6.18. The Morgan fingerprint density at radius 3 is 2.56 bits per heavy atom. The topological polar surface area (TPSA) is 75.7 Å². The highest BCUT2D eigenvalue weighted by Crippen LogP contribution is 2.36. The number of rotatable bonds is 5. The molecule has 18 heavy (non-hydrogen) atoms. The predicted molar refractivity (Wildman–Crippen MR) is 72.1 cm³/mol. The van der Waals surface area contributed by atoms with Crippen LogP contribution in [0.2, 0.25) is 5.02 Å². The minimum absolute atomic E-state index is 0.0703. The zero-order valence-electron chi connectivity index (χ0n) is 10.9. The largest absolute Gasteiger partial charge is 0.496 e. The average Bonchev–Trinajstić information content (AvgIpc) is 2.35. The van der Waals surface area contributed by atoms with Crippen molar-refractivity contribution in [2.45, 2.75) is 32.4 Å². The Balaban J connectivity index is 3.25. The maximum Gasteiger partial charge on any atom is 0.125 e. The van der Waals surface area contributed by atoms with Gasteiger partial charge in [-0.1, -0.05) is 11.6 Å². The molecular weight excluding hydrogens is 254 g/mol. The number of aryl methyl sites for hydroxylation is 1. The van der Waals surface area contributed by atoms with E-state index in [1.807, 2.05) is 13.8 Å². The van der Waals surface area contributed by atoms with E-state index in [0.29, 0.717) is 22.8 Å². The van der Waals surface area contributed by atoms with Crippen LogP contribution in [0.3, 0.4) is 0 Å². The molecule has 0 spiro atoms. The van der Waals surface area contributed by atoms with Crippen LogP contribution in [0, 0.1) is 13.8 Å². The number of halogens is 1. The molecular formula is C13H20ClNO3. The molecule has 2 unspecified atom stereocenters. The van der Waals surface area contributed by atoms with Gasteiger partial charge < -0.3 is 20.7 Å². The summed E-state index contributed by atoms with van der Waals surface area (Å²) in [7, 11) is 1.54. The van der Waals surface area contributed by atoms with Crippen LogP contribution in [0.25, 0.3) is 0 Å². The van der Waals surface area contributed by atoms with E-state index >= 15 is 0 Å². The number of nitrogens with two attached hydrogens (primary N) is 1. The highest BCUT2D eigenvalue weighted by Gasteiger charge is 2.24. The first-order valence-corrected chi connectivity index (χ1v) is 6.19. The normalized spacial score (nSPS) is 14.4. The van der Waals surface area contributed by atoms with Crippen molar-refractivity contribution in [1.29, 1.82) is 0 Å². The Morgan fingerprint density at radius 1 is 1.44 bits per heavy atom. The second kappa shape index (κ2) is 6.38. The number of methoxy groups -OCH3 is 1. The summed E-state index contributed by atoms with van der Waals surface area (Å²) in [5.41, 5.74) is 8.07. The molecule has 2 atom stereocenters. The summed E-state index contributed by atoms with van der Waals surface area (Å²) in [6.45, 7) is 3.63. The number of ether oxygens (including phenoxy) is 1. The molecule has 0 saturated heterocycles. The molecule has 0 aromatic heterocycles. The van der Waals surface area contributed by atoms with E-state index in [1.54, 1.807) is 6.07 Å². The lowest BCUT2D eigenvalue weighted by atomic mass is 9.94. The van der Waals surface area contributed by atoms with E-state index in [1.165, 1.54) is 7.11 Å². The van der Waals surface area contributed by atoms with E-state index in [-0.39, 0.29) is 6.61 Å². The summed E-state index contributed by atoms with van der Waals surface area (Å²) in [6.07, 6.45) is -0.597. The Kier molecular flexibility index (Phi) is 5.41. The molecule has 1 aromatic carbocycles. The maximum atomic E-state index is 10.3. The van der Waals surface area contributed by atoms with Crippen LogP contribution in [0.5, 0.6) is 5.75 Å². The minimum Gasteiger partial charge on any atom is -0.496 e. The lowest BCUT2D eigenvalue weighted by Crippen LogP contribution is -2.30. The molecule has 102 valence electrons. The molecule has 1 aromatic rings. The van der Waals surface area contributed by atoms with Crippen molar-refractivity contribution < 1.29 is 14.9 Å². The van der Waals surface area contributed by atoms with Crippen molar-refractivity contribution in [3.05, 3.63) is 27.8 Å². The van der Waals surface area contributed by atoms with Gasteiger partial charge in [0, 0.05) is 23.2 Å². The fourth-order valence-corrected chi connectivity index (χ4v) is 2.15. The molecule has 1 rings (SSSR count). The van der Waals surface area contributed by atoms with Crippen LogP contribution in [0.15, 0.2) is 6.07 Å². The summed E-state index contributed by atoms with van der Waals surface area (Å²) in [5.74, 6) is 0.565. The SMILES string of the molecule is COc1cc(C)c(Cl)c(C)c1C(O)C(N)CCO. The van der Waals surface area contributed by atoms with Gasteiger partial charge in [-0.05, 0) is 37.5 Å². The van der Waals surface area contributed by atoms with Gasteiger partial charge in [0.05, 0.1) is 13.2 Å². The lowest BCUT2D eigenvalue weighted by Gasteiger charge is -2.23. The van der Waals surface area contributed by atoms with Gasteiger partial charge in [-0.25, -0.2) is 0 Å². The highest BCUT2D eigenvalue weighted by atomic mass is 35.5. The van der Waals surface area contributed by atoms with E-state index in [2.05, 4.69) is 0 Å². The van der Waals surface area contributed by atoms with Crippen LogP contribution in [-0.2, 0) is 0 Å². The number of hydrogen-bond donors (Lipinski definition) is 3. The van der Waals surface area contributed by atoms with Crippen molar-refractivity contribution >= 4 is 11.6 Å². The van der Waals surface area contributed by atoms with Gasteiger partial charge >= 0.3 is 0 Å². The number of aliphatic hydroxyl groups excluding tert-OH is 2. The molecule has 5 heteroatoms.